The second kappa shape index (κ2) is 5.77. The molecule has 0 aliphatic heterocycles. The average Bonchev–Trinajstić information content (AvgIpc) is 2.53. The number of benzene rings is 2. The van der Waals surface area contributed by atoms with E-state index in [2.05, 4.69) is 4.98 Å². The maximum absolute atomic E-state index is 13.4. The molecule has 3 rings (SSSR count). The third-order valence-corrected chi connectivity index (χ3v) is 3.09. The molecule has 22 heavy (non-hydrogen) atoms. The number of esters is 1. The van der Waals surface area contributed by atoms with Crippen LogP contribution in [0.3, 0.4) is 0 Å². The number of halogens is 1. The van der Waals surface area contributed by atoms with Gasteiger partial charge in [-0.15, -0.1) is 0 Å². The van der Waals surface area contributed by atoms with Gasteiger partial charge in [-0.1, -0.05) is 24.3 Å². The Morgan fingerprint density at radius 1 is 1.14 bits per heavy atom. The Balaban J connectivity index is 1.84. The van der Waals surface area contributed by atoms with Gasteiger partial charge in [0.1, 0.15) is 6.54 Å². The molecule has 0 amide bonds. The Morgan fingerprint density at radius 2 is 1.86 bits per heavy atom. The van der Waals surface area contributed by atoms with E-state index in [9.17, 15) is 14.0 Å². The molecule has 0 unspecified atom stereocenters. The van der Waals surface area contributed by atoms with Gasteiger partial charge in [-0.3, -0.25) is 9.36 Å². The summed E-state index contributed by atoms with van der Waals surface area (Å²) in [6.07, 6.45) is 1.27. The molecule has 0 saturated carbocycles. The summed E-state index contributed by atoms with van der Waals surface area (Å²) in [5, 5.41) is 0.406. The van der Waals surface area contributed by atoms with Crippen LogP contribution in [0.1, 0.15) is 0 Å². The van der Waals surface area contributed by atoms with Gasteiger partial charge in [-0.2, -0.15) is 0 Å². The first kappa shape index (κ1) is 13.9. The average molecular weight is 298 g/mol. The summed E-state index contributed by atoms with van der Waals surface area (Å²) in [6, 6.07) is 12.4. The Kier molecular flexibility index (Phi) is 3.65. The van der Waals surface area contributed by atoms with Gasteiger partial charge in [0.05, 0.1) is 17.2 Å². The van der Waals surface area contributed by atoms with Gasteiger partial charge in [-0.25, -0.2) is 14.2 Å². The summed E-state index contributed by atoms with van der Waals surface area (Å²) in [7, 11) is 0. The molecule has 0 spiro atoms. The topological polar surface area (TPSA) is 61.2 Å². The predicted molar refractivity (Wildman–Crippen MR) is 78.0 cm³/mol. The van der Waals surface area contributed by atoms with E-state index in [1.807, 2.05) is 0 Å². The molecule has 5 nitrogen and oxygen atoms in total. The van der Waals surface area contributed by atoms with Crippen molar-refractivity contribution in [2.24, 2.45) is 0 Å². The zero-order valence-corrected chi connectivity index (χ0v) is 11.4. The van der Waals surface area contributed by atoms with Crippen LogP contribution in [0.2, 0.25) is 0 Å². The highest BCUT2D eigenvalue weighted by Crippen LogP contribution is 2.15. The number of hydrogen-bond donors (Lipinski definition) is 0. The van der Waals surface area contributed by atoms with Gasteiger partial charge < -0.3 is 4.74 Å². The summed E-state index contributed by atoms with van der Waals surface area (Å²) in [5.74, 6) is -1.56. The molecule has 3 aromatic rings. The molecule has 0 N–H and O–H groups in total. The van der Waals surface area contributed by atoms with Gasteiger partial charge in [0, 0.05) is 0 Å². The molecule has 1 heterocycles. The monoisotopic (exact) mass is 298 g/mol. The van der Waals surface area contributed by atoms with Crippen LogP contribution in [-0.4, -0.2) is 15.5 Å². The van der Waals surface area contributed by atoms with E-state index in [-0.39, 0.29) is 17.9 Å². The second-order valence-corrected chi connectivity index (χ2v) is 4.60. The lowest BCUT2D eigenvalue weighted by Gasteiger charge is -2.07. The van der Waals surface area contributed by atoms with Gasteiger partial charge >= 0.3 is 5.97 Å². The van der Waals surface area contributed by atoms with E-state index in [4.69, 9.17) is 4.74 Å². The van der Waals surface area contributed by atoms with Crippen LogP contribution in [0, 0.1) is 5.82 Å². The van der Waals surface area contributed by atoms with Crippen LogP contribution >= 0.6 is 0 Å². The first-order valence-electron chi connectivity index (χ1n) is 6.54. The minimum absolute atomic E-state index is 0.172. The lowest BCUT2D eigenvalue weighted by molar-refractivity contribution is -0.135. The third-order valence-electron chi connectivity index (χ3n) is 3.09. The van der Waals surface area contributed by atoms with E-state index in [0.717, 1.165) is 4.57 Å². The van der Waals surface area contributed by atoms with Crippen molar-refractivity contribution >= 4 is 16.9 Å². The van der Waals surface area contributed by atoms with Crippen LogP contribution < -0.4 is 10.3 Å². The molecule has 6 heteroatoms. The Bertz CT molecular complexity index is 905. The fraction of sp³-hybridized carbons (Fsp3) is 0.0625. The number of rotatable bonds is 3. The molecule has 2 aromatic carbocycles. The van der Waals surface area contributed by atoms with E-state index >= 15 is 0 Å². The maximum Gasteiger partial charge on any atom is 0.331 e. The van der Waals surface area contributed by atoms with Crippen molar-refractivity contribution < 1.29 is 13.9 Å². The SMILES string of the molecule is O=C(Cn1cnc2ccccc2c1=O)Oc1ccccc1F. The first-order valence-corrected chi connectivity index (χ1v) is 6.54. The molecule has 0 atom stereocenters. The zero-order valence-electron chi connectivity index (χ0n) is 11.4. The lowest BCUT2D eigenvalue weighted by atomic mass is 10.2. The largest absolute Gasteiger partial charge is 0.422 e. The second-order valence-electron chi connectivity index (χ2n) is 4.60. The van der Waals surface area contributed by atoms with Crippen molar-refractivity contribution in [3.05, 3.63) is 71.0 Å². The van der Waals surface area contributed by atoms with Crippen molar-refractivity contribution in [3.63, 3.8) is 0 Å². The van der Waals surface area contributed by atoms with Crippen molar-refractivity contribution in [1.29, 1.82) is 0 Å². The van der Waals surface area contributed by atoms with Crippen LogP contribution in [-0.2, 0) is 11.3 Å². The highest BCUT2D eigenvalue weighted by atomic mass is 19.1. The highest BCUT2D eigenvalue weighted by Gasteiger charge is 2.11. The van der Waals surface area contributed by atoms with Gasteiger partial charge in [-0.05, 0) is 24.3 Å². The quantitative estimate of drug-likeness (QED) is 0.549. The number of hydrogen-bond acceptors (Lipinski definition) is 4. The number of carbonyl (C=O) groups excluding carboxylic acids is 1. The molecule has 0 radical (unpaired) electrons. The van der Waals surface area contributed by atoms with E-state index in [1.165, 1.54) is 24.5 Å². The molecular formula is C16H11FN2O3. The Labute approximate surface area is 124 Å². The molecule has 110 valence electrons. The van der Waals surface area contributed by atoms with Crippen LogP contribution in [0.25, 0.3) is 10.9 Å². The van der Waals surface area contributed by atoms with E-state index in [1.54, 1.807) is 30.3 Å². The highest BCUT2D eigenvalue weighted by molar-refractivity contribution is 5.77. The standard InChI is InChI=1S/C16H11FN2O3/c17-12-6-2-4-8-14(12)22-15(20)9-19-10-18-13-7-3-1-5-11(13)16(19)21/h1-8,10H,9H2. The molecule has 0 saturated heterocycles. The molecule has 0 fully saturated rings. The lowest BCUT2D eigenvalue weighted by Crippen LogP contribution is -2.27. The Hall–Kier alpha value is -3.02. The minimum Gasteiger partial charge on any atom is -0.422 e. The van der Waals surface area contributed by atoms with Gasteiger partial charge in [0.15, 0.2) is 11.6 Å². The number of aromatic nitrogens is 2. The van der Waals surface area contributed by atoms with Crippen molar-refractivity contribution in [2.45, 2.75) is 6.54 Å². The van der Waals surface area contributed by atoms with Crippen LogP contribution in [0.15, 0.2) is 59.7 Å². The summed E-state index contributed by atoms with van der Waals surface area (Å²) in [4.78, 5) is 28.2. The predicted octanol–water partition coefficient (Wildman–Crippen LogP) is 2.14. The van der Waals surface area contributed by atoms with Crippen molar-refractivity contribution in [1.82, 2.24) is 9.55 Å². The van der Waals surface area contributed by atoms with Gasteiger partial charge in [0.2, 0.25) is 0 Å². The van der Waals surface area contributed by atoms with E-state index < -0.39 is 11.8 Å². The number of ether oxygens (including phenoxy) is 1. The maximum atomic E-state index is 13.4. The summed E-state index contributed by atoms with van der Waals surface area (Å²) in [5.41, 5.74) is 0.197. The zero-order chi connectivity index (χ0) is 15.5. The number of fused-ring (bicyclic) bond motifs is 1. The molecule has 0 aliphatic carbocycles. The van der Waals surface area contributed by atoms with Crippen LogP contribution in [0.4, 0.5) is 4.39 Å². The van der Waals surface area contributed by atoms with Crippen molar-refractivity contribution in [2.75, 3.05) is 0 Å². The molecule has 0 bridgehead atoms. The number of para-hydroxylation sites is 2. The Morgan fingerprint density at radius 3 is 2.68 bits per heavy atom. The molecule has 0 aliphatic rings. The fourth-order valence-electron chi connectivity index (χ4n) is 2.04. The molecular weight excluding hydrogens is 287 g/mol. The number of nitrogens with zero attached hydrogens (tertiary/aromatic N) is 2. The minimum atomic E-state index is -0.746. The molecule has 1 aromatic heterocycles. The summed E-state index contributed by atoms with van der Waals surface area (Å²) < 4.78 is 19.5. The first-order chi connectivity index (χ1) is 10.6. The van der Waals surface area contributed by atoms with Crippen LogP contribution in [0.5, 0.6) is 5.75 Å². The normalized spacial score (nSPS) is 10.6. The summed E-state index contributed by atoms with van der Waals surface area (Å²) >= 11 is 0. The number of carbonyl (C=O) groups is 1. The van der Waals surface area contributed by atoms with Gasteiger partial charge in [0.25, 0.3) is 5.56 Å². The summed E-state index contributed by atoms with van der Waals surface area (Å²) in [6.45, 7) is -0.342. The van der Waals surface area contributed by atoms with E-state index in [0.29, 0.717) is 10.9 Å². The fourth-order valence-corrected chi connectivity index (χ4v) is 2.04. The third kappa shape index (κ3) is 2.71. The van der Waals surface area contributed by atoms with Crippen molar-refractivity contribution in [3.8, 4) is 5.75 Å². The smallest absolute Gasteiger partial charge is 0.331 e.